The molecule has 2 N–H and O–H groups in total. The van der Waals surface area contributed by atoms with Crippen LogP contribution in [0.3, 0.4) is 0 Å². The molecule has 3 aromatic carbocycles. The molecule has 10 nitrogen and oxygen atoms in total. The van der Waals surface area contributed by atoms with Gasteiger partial charge in [-0.2, -0.15) is 20.2 Å². The number of hydrogen-bond acceptors (Lipinski definition) is 10. The monoisotopic (exact) mass is 532 g/mol. The fourth-order valence-electron chi connectivity index (χ4n) is 4.01. The fraction of sp³-hybridized carbons (Fsp3) is 0.0714. The molecule has 39 heavy (non-hydrogen) atoms. The summed E-state index contributed by atoms with van der Waals surface area (Å²) in [6, 6.07) is 23.8. The van der Waals surface area contributed by atoms with Crippen molar-refractivity contribution in [1.29, 1.82) is 5.26 Å². The van der Waals surface area contributed by atoms with Gasteiger partial charge < -0.3 is 14.6 Å². The zero-order valence-electron chi connectivity index (χ0n) is 20.8. The number of nitrogens with zero attached hydrogens (tertiary/aromatic N) is 6. The first-order valence-corrected chi connectivity index (χ1v) is 12.7. The van der Waals surface area contributed by atoms with Gasteiger partial charge >= 0.3 is 6.01 Å². The highest BCUT2D eigenvalue weighted by molar-refractivity contribution is 7.22. The van der Waals surface area contributed by atoms with Gasteiger partial charge in [0.1, 0.15) is 5.75 Å². The minimum Gasteiger partial charge on any atom is -0.423 e. The first-order chi connectivity index (χ1) is 18.9. The smallest absolute Gasteiger partial charge is 0.328 e. The number of aromatic nitrogens is 5. The van der Waals surface area contributed by atoms with E-state index in [1.54, 1.807) is 35.9 Å². The molecule has 3 heterocycles. The standard InChI is InChI=1S/C28H20N8O2S/c1-16-7-12-20-23(13-16)39-28(31-20)35-26-32-25(30-18-10-8-17(15-29)9-11-18)33-27(34-26)38-22-14-24(37)36(2)21-6-4-3-5-19(21)22/h3-14H,1-2H3,(H2,30,31,32,33,34,35). The van der Waals surface area contributed by atoms with Crippen molar-refractivity contribution in [1.82, 2.24) is 24.5 Å². The molecule has 0 radical (unpaired) electrons. The van der Waals surface area contributed by atoms with Crippen molar-refractivity contribution in [2.45, 2.75) is 6.92 Å². The Hall–Kier alpha value is -5.34. The van der Waals surface area contributed by atoms with E-state index < -0.39 is 0 Å². The van der Waals surface area contributed by atoms with Crippen LogP contribution in [0.1, 0.15) is 11.1 Å². The van der Waals surface area contributed by atoms with Gasteiger partial charge in [0.25, 0.3) is 5.56 Å². The number of nitrogens with one attached hydrogen (secondary N) is 2. The zero-order valence-corrected chi connectivity index (χ0v) is 21.7. The number of thiazole rings is 1. The number of hydrogen-bond donors (Lipinski definition) is 2. The van der Waals surface area contributed by atoms with Crippen LogP contribution in [0.4, 0.5) is 22.7 Å². The molecule has 0 unspecified atom stereocenters. The Kier molecular flexibility index (Phi) is 6.07. The first kappa shape index (κ1) is 24.0. The quantitative estimate of drug-likeness (QED) is 0.273. The van der Waals surface area contributed by atoms with Crippen LogP contribution < -0.4 is 20.9 Å². The lowest BCUT2D eigenvalue weighted by atomic mass is 10.2. The predicted molar refractivity (Wildman–Crippen MR) is 151 cm³/mol. The number of pyridine rings is 1. The molecule has 0 aliphatic heterocycles. The number of fused-ring (bicyclic) bond motifs is 2. The number of rotatable bonds is 6. The Labute approximate surface area is 226 Å². The maximum absolute atomic E-state index is 12.6. The third kappa shape index (κ3) is 4.96. The number of nitriles is 1. The molecule has 190 valence electrons. The van der Waals surface area contributed by atoms with E-state index in [0.717, 1.165) is 21.2 Å². The molecule has 6 aromatic rings. The summed E-state index contributed by atoms with van der Waals surface area (Å²) in [6.07, 6.45) is 0. The Morgan fingerprint density at radius 3 is 2.49 bits per heavy atom. The van der Waals surface area contributed by atoms with Crippen LogP contribution in [0.5, 0.6) is 11.8 Å². The van der Waals surface area contributed by atoms with E-state index >= 15 is 0 Å². The molecule has 11 heteroatoms. The topological polar surface area (TPSA) is 131 Å². The summed E-state index contributed by atoms with van der Waals surface area (Å²) in [4.78, 5) is 30.6. The summed E-state index contributed by atoms with van der Waals surface area (Å²) in [5.74, 6) is 0.739. The molecular weight excluding hydrogens is 512 g/mol. The second kappa shape index (κ2) is 9.85. The van der Waals surface area contributed by atoms with E-state index in [9.17, 15) is 4.79 Å². The lowest BCUT2D eigenvalue weighted by Gasteiger charge is -2.12. The van der Waals surface area contributed by atoms with Crippen LogP contribution in [-0.2, 0) is 7.05 Å². The van der Waals surface area contributed by atoms with Gasteiger partial charge in [0.2, 0.25) is 11.9 Å². The molecule has 0 aliphatic carbocycles. The molecular formula is C28H20N8O2S. The molecule has 0 aliphatic rings. The van der Waals surface area contributed by atoms with Gasteiger partial charge in [0.05, 0.1) is 27.4 Å². The Morgan fingerprint density at radius 1 is 0.923 bits per heavy atom. The van der Waals surface area contributed by atoms with E-state index in [2.05, 4.69) is 42.7 Å². The molecule has 0 amide bonds. The van der Waals surface area contributed by atoms with Gasteiger partial charge in [-0.1, -0.05) is 29.5 Å². The van der Waals surface area contributed by atoms with E-state index in [1.165, 1.54) is 17.4 Å². The van der Waals surface area contributed by atoms with Crippen molar-refractivity contribution in [2.75, 3.05) is 10.6 Å². The minimum atomic E-state index is -0.225. The molecule has 0 saturated carbocycles. The average molecular weight is 533 g/mol. The summed E-state index contributed by atoms with van der Waals surface area (Å²) in [5, 5.41) is 16.7. The number of ether oxygens (including phenoxy) is 1. The van der Waals surface area contributed by atoms with Gasteiger partial charge in [0, 0.05) is 24.2 Å². The Bertz CT molecular complexity index is 1960. The van der Waals surface area contributed by atoms with Crippen molar-refractivity contribution >= 4 is 55.2 Å². The van der Waals surface area contributed by atoms with Crippen LogP contribution in [0, 0.1) is 18.3 Å². The Morgan fingerprint density at radius 2 is 1.69 bits per heavy atom. The number of anilines is 4. The highest BCUT2D eigenvalue weighted by atomic mass is 32.1. The third-order valence-electron chi connectivity index (χ3n) is 5.96. The Balaban J connectivity index is 1.40. The zero-order chi connectivity index (χ0) is 26.9. The van der Waals surface area contributed by atoms with Gasteiger partial charge in [-0.3, -0.25) is 10.1 Å². The lowest BCUT2D eigenvalue weighted by molar-refractivity contribution is 0.445. The highest BCUT2D eigenvalue weighted by Crippen LogP contribution is 2.31. The largest absolute Gasteiger partial charge is 0.423 e. The summed E-state index contributed by atoms with van der Waals surface area (Å²) in [5.41, 5.74) is 3.70. The average Bonchev–Trinajstić information content (AvgIpc) is 3.33. The SMILES string of the molecule is Cc1ccc2nc(Nc3nc(Nc4ccc(C#N)cc4)nc(Oc4cc(=O)n(C)c5ccccc45)n3)sc2c1. The van der Waals surface area contributed by atoms with Crippen LogP contribution in [0.2, 0.25) is 0 Å². The predicted octanol–water partition coefficient (Wildman–Crippen LogP) is 5.79. The molecule has 0 atom stereocenters. The van der Waals surface area contributed by atoms with Gasteiger partial charge in [0.15, 0.2) is 5.13 Å². The maximum Gasteiger partial charge on any atom is 0.328 e. The summed E-state index contributed by atoms with van der Waals surface area (Å²) in [7, 11) is 1.71. The van der Waals surface area contributed by atoms with Crippen LogP contribution >= 0.6 is 11.3 Å². The van der Waals surface area contributed by atoms with Gasteiger partial charge in [-0.25, -0.2) is 4.98 Å². The summed E-state index contributed by atoms with van der Waals surface area (Å²) in [6.45, 7) is 2.03. The van der Waals surface area contributed by atoms with Gasteiger partial charge in [-0.15, -0.1) is 0 Å². The third-order valence-corrected chi connectivity index (χ3v) is 6.90. The maximum atomic E-state index is 12.6. The molecule has 6 rings (SSSR count). The number of benzene rings is 3. The van der Waals surface area contributed by atoms with E-state index in [0.29, 0.717) is 27.6 Å². The summed E-state index contributed by atoms with van der Waals surface area (Å²) >= 11 is 1.48. The highest BCUT2D eigenvalue weighted by Gasteiger charge is 2.15. The van der Waals surface area contributed by atoms with E-state index in [4.69, 9.17) is 10.00 Å². The second-order valence-electron chi connectivity index (χ2n) is 8.72. The van der Waals surface area contributed by atoms with Crippen molar-refractivity contribution < 1.29 is 4.74 Å². The molecule has 0 fully saturated rings. The van der Waals surface area contributed by atoms with Crippen LogP contribution in [0.15, 0.2) is 77.6 Å². The first-order valence-electron chi connectivity index (χ1n) is 11.9. The fourth-order valence-corrected chi connectivity index (χ4v) is 4.97. The van der Waals surface area contributed by atoms with Crippen molar-refractivity contribution in [3.63, 3.8) is 0 Å². The molecule has 0 bridgehead atoms. The van der Waals surface area contributed by atoms with E-state index in [-0.39, 0.29) is 23.5 Å². The molecule has 0 saturated heterocycles. The normalized spacial score (nSPS) is 10.9. The van der Waals surface area contributed by atoms with Crippen molar-refractivity contribution in [3.05, 3.63) is 94.3 Å². The summed E-state index contributed by atoms with van der Waals surface area (Å²) < 4.78 is 8.66. The lowest BCUT2D eigenvalue weighted by Crippen LogP contribution is -2.16. The van der Waals surface area contributed by atoms with Crippen molar-refractivity contribution in [2.24, 2.45) is 7.05 Å². The second-order valence-corrected chi connectivity index (χ2v) is 9.75. The molecule has 0 spiro atoms. The number of para-hydroxylation sites is 1. The number of aryl methyl sites for hydroxylation is 2. The van der Waals surface area contributed by atoms with Crippen molar-refractivity contribution in [3.8, 4) is 17.8 Å². The minimum absolute atomic E-state index is 0.0148. The van der Waals surface area contributed by atoms with Crippen LogP contribution in [0.25, 0.3) is 21.1 Å². The van der Waals surface area contributed by atoms with E-state index in [1.807, 2.05) is 43.3 Å². The van der Waals surface area contributed by atoms with Gasteiger partial charge in [-0.05, 0) is 61.0 Å². The van der Waals surface area contributed by atoms with Crippen LogP contribution in [-0.4, -0.2) is 24.5 Å². The molecule has 3 aromatic heterocycles.